The molecule has 2 aliphatic rings. The van der Waals surface area contributed by atoms with Crippen molar-refractivity contribution in [2.75, 3.05) is 13.7 Å². The molecule has 16 heavy (non-hydrogen) atoms. The van der Waals surface area contributed by atoms with Crippen LogP contribution in [0.1, 0.15) is 51.9 Å². The van der Waals surface area contributed by atoms with Gasteiger partial charge in [0.25, 0.3) is 0 Å². The predicted molar refractivity (Wildman–Crippen MR) is 67.6 cm³/mol. The minimum atomic E-state index is 0.613. The standard InChI is InChI=1S/C14H27NO/c1-11(12-6-4-3-5-7-12)15-14(10-16-2)13-8-9-13/h11-15H,3-10H2,1-2H3. The van der Waals surface area contributed by atoms with E-state index < -0.39 is 0 Å². The van der Waals surface area contributed by atoms with E-state index in [1.54, 1.807) is 0 Å². The molecule has 0 radical (unpaired) electrons. The zero-order valence-electron chi connectivity index (χ0n) is 10.9. The van der Waals surface area contributed by atoms with Gasteiger partial charge in [0, 0.05) is 19.2 Å². The summed E-state index contributed by atoms with van der Waals surface area (Å²) in [4.78, 5) is 0. The first-order chi connectivity index (χ1) is 7.81. The molecule has 0 amide bonds. The van der Waals surface area contributed by atoms with Crippen molar-refractivity contribution >= 4 is 0 Å². The highest BCUT2D eigenvalue weighted by molar-refractivity contribution is 4.89. The molecule has 0 bridgehead atoms. The fourth-order valence-electron chi connectivity index (χ4n) is 3.11. The van der Waals surface area contributed by atoms with Crippen LogP contribution in [0.4, 0.5) is 0 Å². The highest BCUT2D eigenvalue weighted by Crippen LogP contribution is 2.34. The Bertz CT molecular complexity index is 197. The molecule has 2 atom stereocenters. The van der Waals surface area contributed by atoms with Gasteiger partial charge in [-0.05, 0) is 44.4 Å². The lowest BCUT2D eigenvalue weighted by Crippen LogP contribution is -2.44. The van der Waals surface area contributed by atoms with Crippen molar-refractivity contribution in [3.63, 3.8) is 0 Å². The van der Waals surface area contributed by atoms with E-state index >= 15 is 0 Å². The summed E-state index contributed by atoms with van der Waals surface area (Å²) in [6.45, 7) is 3.27. The lowest BCUT2D eigenvalue weighted by Gasteiger charge is -2.31. The Morgan fingerprint density at radius 2 is 1.75 bits per heavy atom. The van der Waals surface area contributed by atoms with Gasteiger partial charge in [-0.1, -0.05) is 19.3 Å². The summed E-state index contributed by atoms with van der Waals surface area (Å²) in [5, 5.41) is 3.82. The van der Waals surface area contributed by atoms with Crippen molar-refractivity contribution < 1.29 is 4.74 Å². The van der Waals surface area contributed by atoms with Gasteiger partial charge in [0.2, 0.25) is 0 Å². The molecular weight excluding hydrogens is 198 g/mol. The van der Waals surface area contributed by atoms with Gasteiger partial charge in [0.15, 0.2) is 0 Å². The third kappa shape index (κ3) is 3.46. The van der Waals surface area contributed by atoms with E-state index in [4.69, 9.17) is 4.74 Å². The van der Waals surface area contributed by atoms with Crippen LogP contribution in [0.15, 0.2) is 0 Å². The zero-order chi connectivity index (χ0) is 11.4. The summed E-state index contributed by atoms with van der Waals surface area (Å²) in [7, 11) is 1.82. The van der Waals surface area contributed by atoms with Crippen molar-refractivity contribution in [2.45, 2.75) is 64.0 Å². The van der Waals surface area contributed by atoms with Crippen LogP contribution in [0, 0.1) is 11.8 Å². The van der Waals surface area contributed by atoms with Gasteiger partial charge in [0.1, 0.15) is 0 Å². The van der Waals surface area contributed by atoms with Crippen molar-refractivity contribution in [1.82, 2.24) is 5.32 Å². The molecule has 0 spiro atoms. The van der Waals surface area contributed by atoms with Gasteiger partial charge in [-0.25, -0.2) is 0 Å². The highest BCUT2D eigenvalue weighted by atomic mass is 16.5. The summed E-state index contributed by atoms with van der Waals surface area (Å²) in [5.41, 5.74) is 0. The van der Waals surface area contributed by atoms with E-state index in [-0.39, 0.29) is 0 Å². The normalized spacial score (nSPS) is 26.6. The predicted octanol–water partition coefficient (Wildman–Crippen LogP) is 2.97. The second kappa shape index (κ2) is 6.02. The van der Waals surface area contributed by atoms with Crippen LogP contribution < -0.4 is 5.32 Å². The van der Waals surface area contributed by atoms with Crippen LogP contribution in [-0.2, 0) is 4.74 Å². The van der Waals surface area contributed by atoms with Gasteiger partial charge in [0.05, 0.1) is 6.61 Å². The molecule has 0 heterocycles. The molecule has 2 aliphatic carbocycles. The smallest absolute Gasteiger partial charge is 0.0618 e. The molecule has 2 saturated carbocycles. The molecule has 0 aromatic carbocycles. The van der Waals surface area contributed by atoms with E-state index in [2.05, 4.69) is 12.2 Å². The second-order valence-corrected chi connectivity index (χ2v) is 5.75. The number of nitrogens with one attached hydrogen (secondary N) is 1. The number of hydrogen-bond donors (Lipinski definition) is 1. The summed E-state index contributed by atoms with van der Waals surface area (Å²) >= 11 is 0. The number of ether oxygens (including phenoxy) is 1. The van der Waals surface area contributed by atoms with Crippen LogP contribution in [-0.4, -0.2) is 25.8 Å². The van der Waals surface area contributed by atoms with Gasteiger partial charge < -0.3 is 10.1 Å². The average molecular weight is 225 g/mol. The maximum atomic E-state index is 5.33. The van der Waals surface area contributed by atoms with Crippen LogP contribution in [0.2, 0.25) is 0 Å². The quantitative estimate of drug-likeness (QED) is 0.750. The largest absolute Gasteiger partial charge is 0.383 e. The Hall–Kier alpha value is -0.0800. The monoisotopic (exact) mass is 225 g/mol. The van der Waals surface area contributed by atoms with Crippen LogP contribution in [0.25, 0.3) is 0 Å². The first-order valence-electron chi connectivity index (χ1n) is 7.06. The highest BCUT2D eigenvalue weighted by Gasteiger charge is 2.33. The molecule has 2 nitrogen and oxygen atoms in total. The summed E-state index contributed by atoms with van der Waals surface area (Å²) in [6, 6.07) is 1.29. The van der Waals surface area contributed by atoms with Crippen LogP contribution in [0.3, 0.4) is 0 Å². The fraction of sp³-hybridized carbons (Fsp3) is 1.00. The molecule has 0 aromatic rings. The molecule has 2 unspecified atom stereocenters. The average Bonchev–Trinajstić information content (AvgIpc) is 3.13. The van der Waals surface area contributed by atoms with Gasteiger partial charge in [-0.15, -0.1) is 0 Å². The molecule has 0 aliphatic heterocycles. The summed E-state index contributed by atoms with van der Waals surface area (Å²) in [5.74, 6) is 1.80. The Morgan fingerprint density at radius 1 is 1.06 bits per heavy atom. The molecule has 1 N–H and O–H groups in total. The molecule has 94 valence electrons. The molecule has 2 heteroatoms. The van der Waals surface area contributed by atoms with E-state index in [1.165, 1.54) is 44.9 Å². The fourth-order valence-corrected chi connectivity index (χ4v) is 3.11. The maximum absolute atomic E-state index is 5.33. The van der Waals surface area contributed by atoms with Crippen molar-refractivity contribution in [1.29, 1.82) is 0 Å². The minimum absolute atomic E-state index is 0.613. The third-order valence-electron chi connectivity index (χ3n) is 4.37. The summed E-state index contributed by atoms with van der Waals surface area (Å²) in [6.07, 6.45) is 9.99. The van der Waals surface area contributed by atoms with Crippen molar-refractivity contribution in [3.05, 3.63) is 0 Å². The Balaban J connectivity index is 1.76. The molecule has 2 rings (SSSR count). The third-order valence-corrected chi connectivity index (χ3v) is 4.37. The minimum Gasteiger partial charge on any atom is -0.383 e. The summed E-state index contributed by atoms with van der Waals surface area (Å²) < 4.78 is 5.33. The van der Waals surface area contributed by atoms with Gasteiger partial charge >= 0.3 is 0 Å². The number of methoxy groups -OCH3 is 1. The topological polar surface area (TPSA) is 21.3 Å². The van der Waals surface area contributed by atoms with Crippen LogP contribution in [0.5, 0.6) is 0 Å². The first-order valence-corrected chi connectivity index (χ1v) is 7.06. The second-order valence-electron chi connectivity index (χ2n) is 5.75. The lowest BCUT2D eigenvalue weighted by molar-refractivity contribution is 0.141. The molecule has 0 aromatic heterocycles. The van der Waals surface area contributed by atoms with Crippen LogP contribution >= 0.6 is 0 Å². The Kier molecular flexibility index (Phi) is 4.66. The first kappa shape index (κ1) is 12.4. The number of hydrogen-bond acceptors (Lipinski definition) is 2. The zero-order valence-corrected chi connectivity index (χ0v) is 10.9. The molecule has 0 saturated heterocycles. The SMILES string of the molecule is COCC(NC(C)C1CCCCC1)C1CC1. The van der Waals surface area contributed by atoms with Crippen molar-refractivity contribution in [2.24, 2.45) is 11.8 Å². The van der Waals surface area contributed by atoms with E-state index in [0.29, 0.717) is 12.1 Å². The molecular formula is C14H27NO. The lowest BCUT2D eigenvalue weighted by atomic mass is 9.84. The maximum Gasteiger partial charge on any atom is 0.0618 e. The van der Waals surface area contributed by atoms with E-state index in [9.17, 15) is 0 Å². The Labute approximate surface area is 100 Å². The molecule has 2 fully saturated rings. The van der Waals surface area contributed by atoms with E-state index in [0.717, 1.165) is 18.4 Å². The van der Waals surface area contributed by atoms with Gasteiger partial charge in [-0.3, -0.25) is 0 Å². The van der Waals surface area contributed by atoms with Crippen molar-refractivity contribution in [3.8, 4) is 0 Å². The van der Waals surface area contributed by atoms with E-state index in [1.807, 2.05) is 7.11 Å². The Morgan fingerprint density at radius 3 is 2.31 bits per heavy atom. The van der Waals surface area contributed by atoms with Gasteiger partial charge in [-0.2, -0.15) is 0 Å². The number of rotatable bonds is 6.